The normalized spacial score (nSPS) is 17.7. The molecule has 246 valence electrons. The topological polar surface area (TPSA) is 119 Å². The fraction of sp³-hybridized carbons (Fsp3) is 0.455. The van der Waals surface area contributed by atoms with Crippen LogP contribution in [0.1, 0.15) is 35.7 Å². The predicted molar refractivity (Wildman–Crippen MR) is 185 cm³/mol. The van der Waals surface area contributed by atoms with E-state index in [1.807, 2.05) is 24.3 Å². The van der Waals surface area contributed by atoms with Gasteiger partial charge in [-0.3, -0.25) is 9.97 Å². The highest BCUT2D eigenvalue weighted by Crippen LogP contribution is 2.43. The first-order valence-electron chi connectivity index (χ1n) is 15.4. The molecule has 1 saturated carbocycles. The Morgan fingerprint density at radius 1 is 0.696 bits per heavy atom. The van der Waals surface area contributed by atoms with Gasteiger partial charge in [-0.05, 0) is 68.5 Å². The number of nitrogens with zero attached hydrogens (tertiary/aromatic N) is 4. The van der Waals surface area contributed by atoms with Crippen LogP contribution < -0.4 is 9.80 Å². The number of pyridine rings is 2. The monoisotopic (exact) mass is 730 g/mol. The molecule has 0 spiro atoms. The van der Waals surface area contributed by atoms with E-state index in [1.54, 1.807) is 13.8 Å². The van der Waals surface area contributed by atoms with Crippen LogP contribution >= 0.6 is 15.9 Å². The van der Waals surface area contributed by atoms with Gasteiger partial charge in [0, 0.05) is 53.9 Å². The van der Waals surface area contributed by atoms with Gasteiger partial charge in [0.2, 0.25) is 0 Å². The lowest BCUT2D eigenvalue weighted by molar-refractivity contribution is 0.122. The number of aryl methyl sites for hydroxylation is 2. The summed E-state index contributed by atoms with van der Waals surface area (Å²) < 4.78 is 61.4. The number of halogens is 1. The van der Waals surface area contributed by atoms with Crippen LogP contribution in [0.4, 0.5) is 11.4 Å². The molecule has 2 aromatic carbocycles. The summed E-state index contributed by atoms with van der Waals surface area (Å²) in [6.07, 6.45) is 4.95. The van der Waals surface area contributed by atoms with Crippen molar-refractivity contribution in [1.29, 1.82) is 0 Å². The third kappa shape index (κ3) is 6.89. The zero-order valence-electron chi connectivity index (χ0n) is 26.5. The molecule has 1 aliphatic carbocycles. The number of ether oxygens (including phenoxy) is 2. The molecule has 0 radical (unpaired) electrons. The highest BCUT2D eigenvalue weighted by Gasteiger charge is 2.29. The van der Waals surface area contributed by atoms with Gasteiger partial charge in [0.15, 0.2) is 19.7 Å². The summed E-state index contributed by atoms with van der Waals surface area (Å²) in [6.45, 7) is 8.73. The highest BCUT2D eigenvalue weighted by atomic mass is 79.9. The molecule has 3 fully saturated rings. The molecule has 7 rings (SSSR count). The van der Waals surface area contributed by atoms with E-state index in [4.69, 9.17) is 9.47 Å². The SMILES string of the molecule is Cc1nc2ccc(Br)cc2c(N2CCOCC2)c1S(C)(=O)=O.Cc1nc2ccc(C3CC3)cc2c(N2CCOCC2)c1S(C)(=O)=O. The summed E-state index contributed by atoms with van der Waals surface area (Å²) in [5.74, 6) is 0.620. The first-order chi connectivity index (χ1) is 21.8. The second kappa shape index (κ2) is 13.0. The zero-order valence-corrected chi connectivity index (χ0v) is 29.8. The number of aromatic nitrogens is 2. The van der Waals surface area contributed by atoms with Crippen molar-refractivity contribution >= 4 is 68.8 Å². The molecule has 0 bridgehead atoms. The fourth-order valence-corrected chi connectivity index (χ4v) is 9.15. The molecule has 0 atom stereocenters. The summed E-state index contributed by atoms with van der Waals surface area (Å²) in [5, 5.41) is 1.80. The lowest BCUT2D eigenvalue weighted by Crippen LogP contribution is -2.37. The van der Waals surface area contributed by atoms with Gasteiger partial charge in [-0.15, -0.1) is 0 Å². The molecule has 2 aliphatic heterocycles. The summed E-state index contributed by atoms with van der Waals surface area (Å²) in [5.41, 5.74) is 5.63. The van der Waals surface area contributed by atoms with E-state index in [1.165, 1.54) is 30.9 Å². The van der Waals surface area contributed by atoms with Crippen molar-refractivity contribution in [3.05, 3.63) is 57.8 Å². The lowest BCUT2D eigenvalue weighted by Gasteiger charge is -2.31. The van der Waals surface area contributed by atoms with Crippen LogP contribution in [0, 0.1) is 13.8 Å². The van der Waals surface area contributed by atoms with Gasteiger partial charge in [0.1, 0.15) is 9.79 Å². The summed E-state index contributed by atoms with van der Waals surface area (Å²) in [7, 11) is -6.75. The minimum Gasteiger partial charge on any atom is -0.378 e. The van der Waals surface area contributed by atoms with Gasteiger partial charge in [0.25, 0.3) is 0 Å². The number of morpholine rings is 2. The van der Waals surface area contributed by atoms with Crippen molar-refractivity contribution in [1.82, 2.24) is 9.97 Å². The first-order valence-corrected chi connectivity index (χ1v) is 20.0. The van der Waals surface area contributed by atoms with Gasteiger partial charge in [-0.25, -0.2) is 16.8 Å². The van der Waals surface area contributed by atoms with E-state index in [0.717, 1.165) is 37.7 Å². The third-order valence-electron chi connectivity index (χ3n) is 8.60. The Balaban J connectivity index is 0.000000162. The van der Waals surface area contributed by atoms with E-state index in [9.17, 15) is 16.8 Å². The summed E-state index contributed by atoms with van der Waals surface area (Å²) in [4.78, 5) is 14.0. The molecule has 2 aromatic heterocycles. The first kappa shape index (κ1) is 33.1. The van der Waals surface area contributed by atoms with Gasteiger partial charge in [-0.1, -0.05) is 22.0 Å². The number of anilines is 2. The quantitative estimate of drug-likeness (QED) is 0.271. The zero-order chi connectivity index (χ0) is 32.8. The Labute approximate surface area is 279 Å². The Bertz CT molecular complexity index is 2020. The molecule has 13 heteroatoms. The van der Waals surface area contributed by atoms with Crippen molar-refractivity contribution in [3.63, 3.8) is 0 Å². The molecule has 4 aromatic rings. The second-order valence-corrected chi connectivity index (χ2v) is 17.0. The van der Waals surface area contributed by atoms with Crippen LogP contribution in [0.5, 0.6) is 0 Å². The minimum atomic E-state index is -3.38. The van der Waals surface area contributed by atoms with Gasteiger partial charge in [0.05, 0.1) is 60.2 Å². The van der Waals surface area contributed by atoms with E-state index >= 15 is 0 Å². The number of fused-ring (bicyclic) bond motifs is 2. The molecule has 0 amide bonds. The molecule has 0 unspecified atom stereocenters. The molecular formula is C33H39BrN4O6S2. The number of hydrogen-bond acceptors (Lipinski definition) is 10. The maximum Gasteiger partial charge on any atom is 0.179 e. The molecular weight excluding hydrogens is 692 g/mol. The standard InChI is InChI=1S/C18H22N2O3S.C15H17BrN2O3S/c1-12-18(24(2,21)22)17(20-7-9-23-10-8-20)15-11-14(13-3-4-13)5-6-16(15)19-12;1-10-15(22(2,19)20)14(18-5-7-21-8-6-18)12-9-11(16)3-4-13(12)17-10/h5-6,11,13H,3-4,7-10H2,1-2H3;3-4,9H,5-8H2,1-2H3. The largest absolute Gasteiger partial charge is 0.378 e. The van der Waals surface area contributed by atoms with Crippen molar-refractivity contribution in [2.75, 3.05) is 74.9 Å². The molecule has 10 nitrogen and oxygen atoms in total. The van der Waals surface area contributed by atoms with Crippen LogP contribution in [-0.2, 0) is 29.1 Å². The minimum absolute atomic E-state index is 0.319. The number of hydrogen-bond donors (Lipinski definition) is 0. The second-order valence-electron chi connectivity index (χ2n) is 12.2. The van der Waals surface area contributed by atoms with Gasteiger partial charge in [-0.2, -0.15) is 0 Å². The highest BCUT2D eigenvalue weighted by molar-refractivity contribution is 9.10. The summed E-state index contributed by atoms with van der Waals surface area (Å²) >= 11 is 3.46. The van der Waals surface area contributed by atoms with Gasteiger partial charge >= 0.3 is 0 Å². The van der Waals surface area contributed by atoms with E-state index in [-0.39, 0.29) is 0 Å². The Morgan fingerprint density at radius 2 is 1.13 bits per heavy atom. The van der Waals surface area contributed by atoms with Crippen molar-refractivity contribution in [2.45, 2.75) is 42.4 Å². The van der Waals surface area contributed by atoms with E-state index < -0.39 is 19.7 Å². The average Bonchev–Trinajstić information content (AvgIpc) is 3.86. The van der Waals surface area contributed by atoms with Crippen molar-refractivity contribution in [3.8, 4) is 0 Å². The smallest absolute Gasteiger partial charge is 0.179 e. The molecule has 2 saturated heterocycles. The lowest BCUT2D eigenvalue weighted by atomic mass is 10.0. The van der Waals surface area contributed by atoms with Crippen LogP contribution in [0.15, 0.2) is 50.7 Å². The molecule has 0 N–H and O–H groups in total. The molecule has 46 heavy (non-hydrogen) atoms. The Hall–Kier alpha value is -2.84. The van der Waals surface area contributed by atoms with Crippen molar-refractivity contribution < 1.29 is 26.3 Å². The average molecular weight is 732 g/mol. The van der Waals surface area contributed by atoms with Crippen LogP contribution in [0.25, 0.3) is 21.8 Å². The maximum absolute atomic E-state index is 12.5. The predicted octanol–water partition coefficient (Wildman–Crippen LogP) is 5.21. The maximum atomic E-state index is 12.5. The molecule has 4 heterocycles. The number of rotatable bonds is 5. The Morgan fingerprint density at radius 3 is 1.57 bits per heavy atom. The van der Waals surface area contributed by atoms with Crippen LogP contribution in [0.2, 0.25) is 0 Å². The third-order valence-corrected chi connectivity index (χ3v) is 11.6. The number of sulfone groups is 2. The van der Waals surface area contributed by atoms with Crippen LogP contribution in [0.3, 0.4) is 0 Å². The fourth-order valence-electron chi connectivity index (χ4n) is 6.45. The summed E-state index contributed by atoms with van der Waals surface area (Å²) in [6, 6.07) is 12.1. The van der Waals surface area contributed by atoms with Gasteiger partial charge < -0.3 is 19.3 Å². The Kier molecular flexibility index (Phi) is 9.34. The van der Waals surface area contributed by atoms with Crippen LogP contribution in [-0.4, -0.2) is 91.9 Å². The van der Waals surface area contributed by atoms with E-state index in [0.29, 0.717) is 79.7 Å². The van der Waals surface area contributed by atoms with E-state index in [2.05, 4.69) is 47.8 Å². The number of benzene rings is 2. The van der Waals surface area contributed by atoms with Crippen molar-refractivity contribution in [2.24, 2.45) is 0 Å². The molecule has 3 aliphatic rings.